The molecular formula is C24H32N6O4S. The minimum absolute atomic E-state index is 0.211. The van der Waals surface area contributed by atoms with Gasteiger partial charge in [0.05, 0.1) is 31.1 Å². The summed E-state index contributed by atoms with van der Waals surface area (Å²) in [4.78, 5) is 19.9. The molecule has 188 valence electrons. The van der Waals surface area contributed by atoms with Gasteiger partial charge < -0.3 is 25.0 Å². The number of nitrogens with zero attached hydrogens (tertiary/aromatic N) is 4. The summed E-state index contributed by atoms with van der Waals surface area (Å²) in [5, 5.41) is 0. The first-order valence-corrected chi connectivity index (χ1v) is 12.9. The summed E-state index contributed by atoms with van der Waals surface area (Å²) < 4.78 is 29.5. The van der Waals surface area contributed by atoms with Gasteiger partial charge >= 0.3 is 0 Å². The fourth-order valence-electron chi connectivity index (χ4n) is 4.20. The van der Waals surface area contributed by atoms with Crippen molar-refractivity contribution in [1.82, 2.24) is 9.88 Å². The fourth-order valence-corrected chi connectivity index (χ4v) is 4.88. The van der Waals surface area contributed by atoms with Gasteiger partial charge in [0.2, 0.25) is 11.2 Å². The number of ether oxygens (including phenoxy) is 2. The molecule has 2 aromatic rings. The van der Waals surface area contributed by atoms with E-state index in [4.69, 9.17) is 15.2 Å². The number of aldehydes is 1. The molecule has 4 heterocycles. The number of amidine groups is 1. The molecule has 2 unspecified atom stereocenters. The lowest BCUT2D eigenvalue weighted by Crippen LogP contribution is -2.38. The van der Waals surface area contributed by atoms with Crippen LogP contribution in [0.2, 0.25) is 0 Å². The Morgan fingerprint density at radius 3 is 2.86 bits per heavy atom. The molecule has 1 aromatic carbocycles. The van der Waals surface area contributed by atoms with Crippen LogP contribution in [0.3, 0.4) is 0 Å². The number of fused-ring (bicyclic) bond motifs is 1. The Morgan fingerprint density at radius 2 is 2.11 bits per heavy atom. The lowest BCUT2D eigenvalue weighted by atomic mass is 9.99. The van der Waals surface area contributed by atoms with Crippen LogP contribution < -0.4 is 20.1 Å². The molecule has 0 radical (unpaired) electrons. The summed E-state index contributed by atoms with van der Waals surface area (Å²) in [7, 11) is 2.11. The number of benzene rings is 1. The number of aromatic nitrogens is 1. The van der Waals surface area contributed by atoms with Gasteiger partial charge in [-0.05, 0) is 44.2 Å². The Bertz CT molecular complexity index is 1080. The zero-order valence-electron chi connectivity index (χ0n) is 19.9. The van der Waals surface area contributed by atoms with Crippen molar-refractivity contribution in [2.45, 2.75) is 12.8 Å². The van der Waals surface area contributed by atoms with Crippen LogP contribution in [0.15, 0.2) is 40.9 Å². The van der Waals surface area contributed by atoms with Gasteiger partial charge in [0.1, 0.15) is 23.7 Å². The molecule has 1 aromatic heterocycles. The minimum Gasteiger partial charge on any atom is -0.492 e. The second-order valence-corrected chi connectivity index (χ2v) is 9.64. The number of rotatable bonds is 5. The molecule has 5 rings (SSSR count). The van der Waals surface area contributed by atoms with E-state index in [-0.39, 0.29) is 5.84 Å². The van der Waals surface area contributed by atoms with Crippen molar-refractivity contribution in [1.29, 1.82) is 0 Å². The Kier molecular flexibility index (Phi) is 8.67. The molecule has 35 heavy (non-hydrogen) atoms. The van der Waals surface area contributed by atoms with Crippen molar-refractivity contribution in [2.75, 3.05) is 62.7 Å². The van der Waals surface area contributed by atoms with E-state index in [0.717, 1.165) is 64.3 Å². The number of nitrogens with two attached hydrogens (primary N) is 1. The van der Waals surface area contributed by atoms with E-state index < -0.39 is 11.2 Å². The molecule has 0 bridgehead atoms. The third-order valence-electron chi connectivity index (χ3n) is 6.12. The number of pyridine rings is 1. The van der Waals surface area contributed by atoms with Crippen LogP contribution in [-0.4, -0.2) is 79.3 Å². The number of piperidine rings is 1. The highest BCUT2D eigenvalue weighted by atomic mass is 32.2. The van der Waals surface area contributed by atoms with Gasteiger partial charge in [0.15, 0.2) is 0 Å². The topological polar surface area (TPSA) is 122 Å². The second-order valence-electron chi connectivity index (χ2n) is 8.75. The highest BCUT2D eigenvalue weighted by Crippen LogP contribution is 2.30. The zero-order chi connectivity index (χ0) is 24.6. The molecule has 0 saturated carbocycles. The predicted molar refractivity (Wildman–Crippen MR) is 137 cm³/mol. The number of carbonyl (C=O) groups excluding carboxylic acids is 1. The van der Waals surface area contributed by atoms with Crippen molar-refractivity contribution < 1.29 is 18.5 Å². The largest absolute Gasteiger partial charge is 0.492 e. The fraction of sp³-hybridized carbons (Fsp3) is 0.458. The maximum Gasteiger partial charge on any atom is 0.245 e. The highest BCUT2D eigenvalue weighted by molar-refractivity contribution is 7.85. The van der Waals surface area contributed by atoms with Crippen molar-refractivity contribution in [2.24, 2.45) is 16.0 Å². The molecule has 0 amide bonds. The molecule has 3 N–H and O–H groups in total. The SMILES string of the molecule is CN1CCOCC1.NC1=NS(=O)Nc2cccc(OCC3CCCN(c4cc(C=O)ccn4)C3)c21. The molecular weight excluding hydrogens is 468 g/mol. The molecule has 2 saturated heterocycles. The summed E-state index contributed by atoms with van der Waals surface area (Å²) in [6, 6.07) is 8.99. The van der Waals surface area contributed by atoms with Crippen LogP contribution in [0.5, 0.6) is 5.75 Å². The van der Waals surface area contributed by atoms with Crippen molar-refractivity contribution in [3.63, 3.8) is 0 Å². The van der Waals surface area contributed by atoms with Gasteiger partial charge in [-0.1, -0.05) is 6.07 Å². The quantitative estimate of drug-likeness (QED) is 0.597. The number of anilines is 2. The molecule has 0 spiro atoms. The van der Waals surface area contributed by atoms with E-state index in [1.165, 1.54) is 0 Å². The molecule has 11 heteroatoms. The third-order valence-corrected chi connectivity index (χ3v) is 6.88. The summed E-state index contributed by atoms with van der Waals surface area (Å²) >= 11 is -1.56. The van der Waals surface area contributed by atoms with Gasteiger partial charge in [-0.25, -0.2) is 9.19 Å². The number of nitrogens with one attached hydrogen (secondary N) is 1. The average molecular weight is 501 g/mol. The summed E-state index contributed by atoms with van der Waals surface area (Å²) in [5.74, 6) is 1.97. The van der Waals surface area contributed by atoms with E-state index in [1.807, 2.05) is 18.2 Å². The van der Waals surface area contributed by atoms with E-state index >= 15 is 0 Å². The molecule has 10 nitrogen and oxygen atoms in total. The van der Waals surface area contributed by atoms with Gasteiger partial charge in [-0.15, -0.1) is 0 Å². The Morgan fingerprint density at radius 1 is 1.29 bits per heavy atom. The lowest BCUT2D eigenvalue weighted by molar-refractivity contribution is 0.0503. The van der Waals surface area contributed by atoms with E-state index in [0.29, 0.717) is 35.1 Å². The second kappa shape index (κ2) is 12.1. The molecule has 3 aliphatic heterocycles. The highest BCUT2D eigenvalue weighted by Gasteiger charge is 2.24. The van der Waals surface area contributed by atoms with Gasteiger partial charge in [0, 0.05) is 43.9 Å². The van der Waals surface area contributed by atoms with E-state index in [9.17, 15) is 9.00 Å². The molecule has 2 fully saturated rings. The number of morpholine rings is 1. The number of carbonyl (C=O) groups is 1. The van der Waals surface area contributed by atoms with Crippen LogP contribution in [0.25, 0.3) is 0 Å². The first-order chi connectivity index (χ1) is 17.0. The standard InChI is InChI=1S/C19H21N5O3S.C5H11NO/c20-19-18-15(22-28(26)23-19)4-1-5-16(18)27-12-14-3-2-8-24(10-14)17-9-13(11-25)6-7-21-17;1-6-2-4-7-5-3-6/h1,4-7,9,11,14,22H,2-3,8,10,12H2,(H2,20,23);2-5H2,1H3. The minimum atomic E-state index is -1.56. The predicted octanol–water partition coefficient (Wildman–Crippen LogP) is 1.85. The van der Waals surface area contributed by atoms with Crippen LogP contribution >= 0.6 is 0 Å². The number of likely N-dealkylation sites (N-methyl/N-ethyl adjacent to an activating group) is 1. The maximum atomic E-state index is 11.6. The Balaban J connectivity index is 0.000000356. The molecule has 2 atom stereocenters. The van der Waals surface area contributed by atoms with Crippen LogP contribution in [0, 0.1) is 5.92 Å². The van der Waals surface area contributed by atoms with Gasteiger partial charge in [0.25, 0.3) is 0 Å². The first-order valence-electron chi connectivity index (χ1n) is 11.7. The van der Waals surface area contributed by atoms with Crippen LogP contribution in [0.4, 0.5) is 11.5 Å². The van der Waals surface area contributed by atoms with Crippen LogP contribution in [-0.2, 0) is 15.9 Å². The summed E-state index contributed by atoms with van der Waals surface area (Å²) in [5.41, 5.74) is 7.89. The summed E-state index contributed by atoms with van der Waals surface area (Å²) in [6.07, 6.45) is 4.57. The van der Waals surface area contributed by atoms with Crippen molar-refractivity contribution >= 4 is 34.8 Å². The maximum absolute atomic E-state index is 11.6. The van der Waals surface area contributed by atoms with Gasteiger partial charge in [-0.2, -0.15) is 4.40 Å². The average Bonchev–Trinajstić information content (AvgIpc) is 2.88. The lowest BCUT2D eigenvalue weighted by Gasteiger charge is -2.33. The normalized spacial score (nSPS) is 22.1. The third kappa shape index (κ3) is 6.77. The smallest absolute Gasteiger partial charge is 0.245 e. The molecule has 0 aliphatic carbocycles. The van der Waals surface area contributed by atoms with Gasteiger partial charge in [-0.3, -0.25) is 9.52 Å². The zero-order valence-corrected chi connectivity index (χ0v) is 20.7. The first kappa shape index (κ1) is 25.1. The van der Waals surface area contributed by atoms with Crippen molar-refractivity contribution in [3.05, 3.63) is 47.7 Å². The Hall–Kier alpha value is -3.02. The number of hydrogen-bond acceptors (Lipinski definition) is 8. The van der Waals surface area contributed by atoms with Crippen molar-refractivity contribution in [3.8, 4) is 5.75 Å². The summed E-state index contributed by atoms with van der Waals surface area (Å²) in [6.45, 7) is 6.25. The van der Waals surface area contributed by atoms with E-state index in [1.54, 1.807) is 18.3 Å². The Labute approximate surface area is 208 Å². The number of hydrogen-bond donors (Lipinski definition) is 2. The monoisotopic (exact) mass is 500 g/mol. The van der Waals surface area contributed by atoms with Crippen LogP contribution in [0.1, 0.15) is 28.8 Å². The van der Waals surface area contributed by atoms with E-state index in [2.05, 4.69) is 31.0 Å². The molecule has 3 aliphatic rings.